The van der Waals surface area contributed by atoms with Gasteiger partial charge in [-0.25, -0.2) is 0 Å². The zero-order valence-corrected chi connectivity index (χ0v) is 15.5. The van der Waals surface area contributed by atoms with Gasteiger partial charge in [0.2, 0.25) is 0 Å². The summed E-state index contributed by atoms with van der Waals surface area (Å²) in [6.07, 6.45) is 1.98. The molecule has 1 unspecified atom stereocenters. The third kappa shape index (κ3) is 3.76. The van der Waals surface area contributed by atoms with Crippen molar-refractivity contribution in [2.24, 2.45) is 0 Å². The predicted molar refractivity (Wildman–Crippen MR) is 101 cm³/mol. The summed E-state index contributed by atoms with van der Waals surface area (Å²) in [5.41, 5.74) is 1.68. The zero-order valence-electron chi connectivity index (χ0n) is 14.8. The molecule has 6 heteroatoms. The lowest BCUT2D eigenvalue weighted by Crippen LogP contribution is -2.36. The van der Waals surface area contributed by atoms with Crippen molar-refractivity contribution in [2.75, 3.05) is 13.2 Å². The molecule has 0 N–H and O–H groups in total. The molecule has 2 aliphatic heterocycles. The van der Waals surface area contributed by atoms with Gasteiger partial charge < -0.3 is 9.47 Å². The van der Waals surface area contributed by atoms with Gasteiger partial charge >= 0.3 is 0 Å². The van der Waals surface area contributed by atoms with E-state index in [0.29, 0.717) is 22.8 Å². The predicted octanol–water partition coefficient (Wildman–Crippen LogP) is 4.22. The Kier molecular flexibility index (Phi) is 5.25. The number of imide groups is 1. The van der Waals surface area contributed by atoms with Crippen LogP contribution >= 0.6 is 11.6 Å². The lowest BCUT2D eigenvalue weighted by Gasteiger charge is -2.30. The van der Waals surface area contributed by atoms with Crippen molar-refractivity contribution in [3.63, 3.8) is 0 Å². The first-order chi connectivity index (χ1) is 13.1. The van der Waals surface area contributed by atoms with E-state index in [-0.39, 0.29) is 24.6 Å². The highest BCUT2D eigenvalue weighted by Gasteiger charge is 2.37. The molecule has 0 radical (unpaired) electrons. The third-order valence-corrected chi connectivity index (χ3v) is 5.14. The summed E-state index contributed by atoms with van der Waals surface area (Å²) in [5, 5.41) is 0.577. The standard InChI is InChI=1S/C21H20ClNO4/c22-15-7-5-6-14(12-15)18(27-19-10-3-4-11-26-19)13-23-20(24)16-8-1-2-9-17(16)21(23)25/h1-2,5-9,12,18-19H,3-4,10-11,13H2/t18-,19?/m0/s1. The Labute approximate surface area is 162 Å². The number of rotatable bonds is 5. The first-order valence-corrected chi connectivity index (χ1v) is 9.49. The first kappa shape index (κ1) is 18.2. The molecule has 0 aromatic heterocycles. The molecule has 2 aliphatic rings. The van der Waals surface area contributed by atoms with Crippen LogP contribution in [0.15, 0.2) is 48.5 Å². The Bertz CT molecular complexity index is 828. The van der Waals surface area contributed by atoms with Gasteiger partial charge in [0.25, 0.3) is 11.8 Å². The Morgan fingerprint density at radius 2 is 1.81 bits per heavy atom. The molecule has 27 heavy (non-hydrogen) atoms. The van der Waals surface area contributed by atoms with Crippen LogP contribution < -0.4 is 0 Å². The lowest BCUT2D eigenvalue weighted by molar-refractivity contribution is -0.191. The molecule has 1 fully saturated rings. The largest absolute Gasteiger partial charge is 0.353 e. The molecule has 2 aromatic rings. The fraction of sp³-hybridized carbons (Fsp3) is 0.333. The first-order valence-electron chi connectivity index (χ1n) is 9.11. The van der Waals surface area contributed by atoms with Crippen LogP contribution in [0.4, 0.5) is 0 Å². The number of carbonyl (C=O) groups excluding carboxylic acids is 2. The van der Waals surface area contributed by atoms with Crippen molar-refractivity contribution in [3.05, 3.63) is 70.2 Å². The molecule has 2 heterocycles. The number of benzene rings is 2. The third-order valence-electron chi connectivity index (χ3n) is 4.90. The number of nitrogens with zero attached hydrogens (tertiary/aromatic N) is 1. The summed E-state index contributed by atoms with van der Waals surface area (Å²) >= 11 is 6.14. The average Bonchev–Trinajstić information content (AvgIpc) is 2.93. The van der Waals surface area contributed by atoms with Crippen molar-refractivity contribution >= 4 is 23.4 Å². The Morgan fingerprint density at radius 3 is 2.44 bits per heavy atom. The molecule has 1 saturated heterocycles. The van der Waals surface area contributed by atoms with Crippen molar-refractivity contribution in [1.29, 1.82) is 0 Å². The molecule has 2 aromatic carbocycles. The van der Waals surface area contributed by atoms with Gasteiger partial charge in [-0.1, -0.05) is 35.9 Å². The van der Waals surface area contributed by atoms with Crippen molar-refractivity contribution in [2.45, 2.75) is 31.7 Å². The Morgan fingerprint density at radius 1 is 1.07 bits per heavy atom. The molecule has 2 atom stereocenters. The number of hydrogen-bond donors (Lipinski definition) is 0. The molecule has 0 bridgehead atoms. The topological polar surface area (TPSA) is 55.8 Å². The van der Waals surface area contributed by atoms with Crippen molar-refractivity contribution < 1.29 is 19.1 Å². The smallest absolute Gasteiger partial charge is 0.261 e. The van der Waals surface area contributed by atoms with Crippen LogP contribution in [-0.2, 0) is 9.47 Å². The van der Waals surface area contributed by atoms with Crippen LogP contribution in [0.3, 0.4) is 0 Å². The van der Waals surface area contributed by atoms with Crippen LogP contribution in [-0.4, -0.2) is 36.2 Å². The van der Waals surface area contributed by atoms with E-state index in [2.05, 4.69) is 0 Å². The number of halogens is 1. The Hall–Kier alpha value is -2.21. The number of amides is 2. The number of hydrogen-bond acceptors (Lipinski definition) is 4. The highest BCUT2D eigenvalue weighted by molar-refractivity contribution is 6.30. The van der Waals surface area contributed by atoms with E-state index in [1.165, 1.54) is 4.90 Å². The summed E-state index contributed by atoms with van der Waals surface area (Å²) in [6, 6.07) is 14.2. The highest BCUT2D eigenvalue weighted by Crippen LogP contribution is 2.30. The van der Waals surface area contributed by atoms with Crippen LogP contribution in [0, 0.1) is 0 Å². The summed E-state index contributed by atoms with van der Waals surface area (Å²) in [5.74, 6) is -0.591. The van der Waals surface area contributed by atoms with Gasteiger partial charge in [0, 0.05) is 11.6 Å². The molecule has 0 spiro atoms. The maximum absolute atomic E-state index is 12.7. The SMILES string of the molecule is O=C1c2ccccc2C(=O)N1C[C@H](OC1CCCCO1)c1cccc(Cl)c1. The van der Waals surface area contributed by atoms with Crippen LogP contribution in [0.1, 0.15) is 51.6 Å². The lowest BCUT2D eigenvalue weighted by atomic mass is 10.1. The fourth-order valence-electron chi connectivity index (χ4n) is 3.51. The summed E-state index contributed by atoms with van der Waals surface area (Å²) in [4.78, 5) is 26.7. The van der Waals surface area contributed by atoms with E-state index >= 15 is 0 Å². The van der Waals surface area contributed by atoms with Crippen molar-refractivity contribution in [3.8, 4) is 0 Å². The number of fused-ring (bicyclic) bond motifs is 1. The second kappa shape index (κ2) is 7.80. The van der Waals surface area contributed by atoms with Crippen molar-refractivity contribution in [1.82, 2.24) is 4.90 Å². The molecule has 140 valence electrons. The van der Waals surface area contributed by atoms with Crippen LogP contribution in [0.2, 0.25) is 5.02 Å². The van der Waals surface area contributed by atoms with E-state index in [9.17, 15) is 9.59 Å². The van der Waals surface area contributed by atoms with E-state index < -0.39 is 6.10 Å². The van der Waals surface area contributed by atoms with Gasteiger partial charge in [-0.15, -0.1) is 0 Å². The second-order valence-corrected chi connectivity index (χ2v) is 7.18. The maximum atomic E-state index is 12.7. The fourth-order valence-corrected chi connectivity index (χ4v) is 3.71. The van der Waals surface area contributed by atoms with Gasteiger partial charge in [-0.3, -0.25) is 14.5 Å². The number of ether oxygens (including phenoxy) is 2. The monoisotopic (exact) mass is 385 g/mol. The molecule has 4 rings (SSSR count). The quantitative estimate of drug-likeness (QED) is 0.723. The summed E-state index contributed by atoms with van der Waals surface area (Å²) in [7, 11) is 0. The minimum Gasteiger partial charge on any atom is -0.353 e. The maximum Gasteiger partial charge on any atom is 0.261 e. The number of carbonyl (C=O) groups is 2. The van der Waals surface area contributed by atoms with Crippen LogP contribution in [0.25, 0.3) is 0 Å². The van der Waals surface area contributed by atoms with Gasteiger partial charge in [-0.05, 0) is 49.1 Å². The molecule has 0 saturated carbocycles. The molecule has 0 aliphatic carbocycles. The van der Waals surface area contributed by atoms with E-state index in [0.717, 1.165) is 24.8 Å². The van der Waals surface area contributed by atoms with Gasteiger partial charge in [0.05, 0.1) is 17.7 Å². The van der Waals surface area contributed by atoms with E-state index in [4.69, 9.17) is 21.1 Å². The Balaban J connectivity index is 1.59. The minimum absolute atomic E-state index is 0.118. The van der Waals surface area contributed by atoms with Gasteiger partial charge in [0.15, 0.2) is 6.29 Å². The molecular weight excluding hydrogens is 366 g/mol. The average molecular weight is 386 g/mol. The van der Waals surface area contributed by atoms with Crippen LogP contribution in [0.5, 0.6) is 0 Å². The van der Waals surface area contributed by atoms with E-state index in [1.807, 2.05) is 12.1 Å². The second-order valence-electron chi connectivity index (χ2n) is 6.74. The highest BCUT2D eigenvalue weighted by atomic mass is 35.5. The zero-order chi connectivity index (χ0) is 18.8. The molecule has 2 amide bonds. The summed E-state index contributed by atoms with van der Waals surface area (Å²) < 4.78 is 11.9. The summed E-state index contributed by atoms with van der Waals surface area (Å²) in [6.45, 7) is 0.770. The minimum atomic E-state index is -0.506. The van der Waals surface area contributed by atoms with Gasteiger partial charge in [-0.2, -0.15) is 0 Å². The normalized spacial score (nSPS) is 20.6. The molecule has 5 nitrogen and oxygen atoms in total. The van der Waals surface area contributed by atoms with Gasteiger partial charge in [0.1, 0.15) is 6.10 Å². The van der Waals surface area contributed by atoms with E-state index in [1.54, 1.807) is 36.4 Å². The molecular formula is C21H20ClNO4.